The largest absolute Gasteiger partial charge is 0.392 e. The first-order valence-electron chi connectivity index (χ1n) is 5.34. The third kappa shape index (κ3) is 3.75. The molecule has 0 spiro atoms. The first-order valence-corrected chi connectivity index (χ1v) is 5.34. The molecule has 90 valence electrons. The molecular weight excluding hydrogens is 210 g/mol. The number of aliphatic hydroxyl groups is 1. The van der Waals surface area contributed by atoms with E-state index in [1.165, 1.54) is 25.9 Å². The molecule has 1 N–H and O–H groups in total. The average Bonchev–Trinajstić information content (AvgIpc) is 2.31. The number of carbonyl (C=O) groups excluding carboxylic acids is 2. The van der Waals surface area contributed by atoms with Gasteiger partial charge in [-0.05, 0) is 31.8 Å². The van der Waals surface area contributed by atoms with Gasteiger partial charge in [-0.25, -0.2) is 4.79 Å². The highest BCUT2D eigenvalue weighted by molar-refractivity contribution is 5.85. The van der Waals surface area contributed by atoms with E-state index in [1.807, 2.05) is 0 Å². The Labute approximate surface area is 94.7 Å². The summed E-state index contributed by atoms with van der Waals surface area (Å²) >= 11 is 0. The van der Waals surface area contributed by atoms with Crippen LogP contribution in [0.5, 0.6) is 0 Å². The lowest BCUT2D eigenvalue weighted by Gasteiger charge is -2.42. The molecule has 3 fully saturated rings. The van der Waals surface area contributed by atoms with E-state index in [9.17, 15) is 14.7 Å². The van der Waals surface area contributed by atoms with Gasteiger partial charge in [0.05, 0.1) is 6.10 Å². The number of hydrogen-bond donors (Lipinski definition) is 1. The minimum atomic E-state index is -0.727. The molecule has 0 radical (unpaired) electrons. The molecule has 5 heteroatoms. The van der Waals surface area contributed by atoms with Crippen molar-refractivity contribution < 1.29 is 19.4 Å². The summed E-state index contributed by atoms with van der Waals surface area (Å²) in [5.74, 6) is -0.0926. The van der Waals surface area contributed by atoms with Gasteiger partial charge in [-0.15, -0.1) is 0 Å². The quantitative estimate of drug-likeness (QED) is 0.310. The fraction of sp³-hybridized carbons (Fsp3) is 0.636. The highest BCUT2D eigenvalue weighted by Crippen LogP contribution is 2.26. The minimum Gasteiger partial charge on any atom is -0.392 e. The van der Waals surface area contributed by atoms with Crippen molar-refractivity contribution in [3.8, 4) is 0 Å². The molecule has 3 aliphatic heterocycles. The zero-order chi connectivity index (χ0) is 12.0. The summed E-state index contributed by atoms with van der Waals surface area (Å²) in [6, 6.07) is 0. The predicted octanol–water partition coefficient (Wildman–Crippen LogP) is -0.0551. The average molecular weight is 227 g/mol. The molecule has 0 amide bonds. The second-order valence-electron chi connectivity index (χ2n) is 3.94. The smallest absolute Gasteiger partial charge is 0.337 e. The van der Waals surface area contributed by atoms with Gasteiger partial charge in [0, 0.05) is 12.6 Å². The second-order valence-corrected chi connectivity index (χ2v) is 3.94. The lowest BCUT2D eigenvalue weighted by atomic mass is 9.86. The third-order valence-corrected chi connectivity index (χ3v) is 2.95. The molecule has 0 aromatic carbocycles. The Kier molecular flexibility index (Phi) is 5.14. The van der Waals surface area contributed by atoms with Crippen molar-refractivity contribution >= 4 is 12.4 Å². The Morgan fingerprint density at radius 2 is 2.06 bits per heavy atom. The normalized spacial score (nSPS) is 30.9. The van der Waals surface area contributed by atoms with Crippen LogP contribution in [0.3, 0.4) is 0 Å². The first kappa shape index (κ1) is 12.9. The molecule has 16 heavy (non-hydrogen) atoms. The zero-order valence-corrected chi connectivity index (χ0v) is 9.17. The number of nitrogens with zero attached hydrogens (tertiary/aromatic N) is 1. The van der Waals surface area contributed by atoms with E-state index in [2.05, 4.69) is 16.2 Å². The number of piperidine rings is 3. The Hall–Kier alpha value is -1.20. The lowest BCUT2D eigenvalue weighted by molar-refractivity contribution is -0.147. The van der Waals surface area contributed by atoms with E-state index in [0.717, 1.165) is 12.6 Å². The topological polar surface area (TPSA) is 66.8 Å². The van der Waals surface area contributed by atoms with Crippen molar-refractivity contribution in [3.63, 3.8) is 0 Å². The monoisotopic (exact) mass is 227 g/mol. The fourth-order valence-electron chi connectivity index (χ4n) is 2.03. The van der Waals surface area contributed by atoms with Crippen LogP contribution in [0.1, 0.15) is 12.8 Å². The van der Waals surface area contributed by atoms with Gasteiger partial charge in [-0.1, -0.05) is 6.58 Å². The van der Waals surface area contributed by atoms with E-state index in [0.29, 0.717) is 5.92 Å². The van der Waals surface area contributed by atoms with Crippen LogP contribution >= 0.6 is 0 Å². The molecule has 0 aromatic heterocycles. The maximum Gasteiger partial charge on any atom is 0.337 e. The molecule has 0 aromatic rings. The van der Waals surface area contributed by atoms with Gasteiger partial charge in [0.2, 0.25) is 0 Å². The van der Waals surface area contributed by atoms with Gasteiger partial charge in [-0.2, -0.15) is 0 Å². The van der Waals surface area contributed by atoms with Crippen molar-refractivity contribution in [2.24, 2.45) is 5.92 Å². The molecule has 5 nitrogen and oxygen atoms in total. The summed E-state index contributed by atoms with van der Waals surface area (Å²) < 4.78 is 3.75. The molecule has 3 saturated heterocycles. The summed E-state index contributed by atoms with van der Waals surface area (Å²) in [7, 11) is 0. The molecule has 0 aliphatic carbocycles. The Bertz CT molecular complexity index is 259. The van der Waals surface area contributed by atoms with Crippen LogP contribution in [0.2, 0.25) is 0 Å². The molecule has 3 aliphatic rings. The van der Waals surface area contributed by atoms with Crippen molar-refractivity contribution in [3.05, 3.63) is 12.7 Å². The first-order chi connectivity index (χ1) is 7.67. The van der Waals surface area contributed by atoms with Crippen LogP contribution in [0.25, 0.3) is 0 Å². The Morgan fingerprint density at radius 1 is 1.44 bits per heavy atom. The number of hydrogen-bond acceptors (Lipinski definition) is 5. The highest BCUT2D eigenvalue weighted by atomic mass is 16.6. The van der Waals surface area contributed by atoms with Gasteiger partial charge in [-0.3, -0.25) is 4.79 Å². The van der Waals surface area contributed by atoms with E-state index in [4.69, 9.17) is 0 Å². The van der Waals surface area contributed by atoms with E-state index in [-0.39, 0.29) is 12.6 Å². The van der Waals surface area contributed by atoms with Gasteiger partial charge in [0.1, 0.15) is 0 Å². The highest BCUT2D eigenvalue weighted by Gasteiger charge is 2.32. The van der Waals surface area contributed by atoms with E-state index in [1.54, 1.807) is 0 Å². The molecule has 1 atom stereocenters. The van der Waals surface area contributed by atoms with Gasteiger partial charge >= 0.3 is 12.4 Å². The number of fused-ring (bicyclic) bond motifs is 3. The Balaban J connectivity index is 0.000000168. The lowest BCUT2D eigenvalue weighted by Crippen LogP contribution is -2.50. The van der Waals surface area contributed by atoms with Gasteiger partial charge in [0.25, 0.3) is 0 Å². The van der Waals surface area contributed by atoms with Crippen LogP contribution in [-0.2, 0) is 14.3 Å². The summed E-state index contributed by atoms with van der Waals surface area (Å²) in [6.07, 6.45) is 3.35. The summed E-state index contributed by atoms with van der Waals surface area (Å²) in [5, 5.41) is 9.36. The molecule has 2 bridgehead atoms. The summed E-state index contributed by atoms with van der Waals surface area (Å²) in [5.41, 5.74) is 0. The van der Waals surface area contributed by atoms with Gasteiger partial charge < -0.3 is 14.7 Å². The number of rotatable bonds is 2. The zero-order valence-electron chi connectivity index (χ0n) is 9.17. The Morgan fingerprint density at radius 3 is 2.25 bits per heavy atom. The molecule has 3 rings (SSSR count). The number of esters is 1. The van der Waals surface area contributed by atoms with Crippen molar-refractivity contribution in [1.82, 2.24) is 4.90 Å². The van der Waals surface area contributed by atoms with Crippen LogP contribution in [-0.4, -0.2) is 48.2 Å². The fourth-order valence-corrected chi connectivity index (χ4v) is 2.03. The van der Waals surface area contributed by atoms with Gasteiger partial charge in [0.15, 0.2) is 0 Å². The predicted molar refractivity (Wildman–Crippen MR) is 57.5 cm³/mol. The SMILES string of the molecule is C=CC(=O)OC=O.OC1CN2CCC1CC2. The number of aliphatic hydroxyl groups excluding tert-OH is 1. The maximum absolute atomic E-state index is 9.84. The van der Waals surface area contributed by atoms with Crippen LogP contribution in [0.4, 0.5) is 0 Å². The summed E-state index contributed by atoms with van der Waals surface area (Å²) in [4.78, 5) is 21.5. The number of carbonyl (C=O) groups is 2. The molecular formula is C11H17NO4. The second kappa shape index (κ2) is 6.40. The maximum atomic E-state index is 9.84. The van der Waals surface area contributed by atoms with Crippen LogP contribution < -0.4 is 0 Å². The molecule has 3 heterocycles. The van der Waals surface area contributed by atoms with Crippen molar-refractivity contribution in [2.75, 3.05) is 19.6 Å². The van der Waals surface area contributed by atoms with Crippen molar-refractivity contribution in [1.29, 1.82) is 0 Å². The third-order valence-electron chi connectivity index (χ3n) is 2.95. The standard InChI is InChI=1S/C7H13NO.C4H4O3/c9-7-5-8-3-1-6(7)2-4-8;1-2-4(6)7-3-5/h6-7,9H,1-5H2;2-3H,1H2. The van der Waals surface area contributed by atoms with E-state index >= 15 is 0 Å². The molecule has 0 saturated carbocycles. The van der Waals surface area contributed by atoms with Crippen molar-refractivity contribution in [2.45, 2.75) is 18.9 Å². The molecule has 1 unspecified atom stereocenters. The van der Waals surface area contributed by atoms with Crippen LogP contribution in [0.15, 0.2) is 12.7 Å². The minimum absolute atomic E-state index is 0.00694. The number of ether oxygens (including phenoxy) is 1. The van der Waals surface area contributed by atoms with Crippen LogP contribution in [0, 0.1) is 5.92 Å². The van der Waals surface area contributed by atoms with E-state index < -0.39 is 5.97 Å². The summed E-state index contributed by atoms with van der Waals surface area (Å²) in [6.45, 7) is 6.49.